The minimum Gasteiger partial charge on any atom is -0.442 e. The highest BCUT2D eigenvalue weighted by Gasteiger charge is 2.40. The van der Waals surface area contributed by atoms with Crippen molar-refractivity contribution in [2.24, 2.45) is 0 Å². The zero-order valence-electron chi connectivity index (χ0n) is 14.0. The maximum atomic E-state index is 13.2. The van der Waals surface area contributed by atoms with Crippen LogP contribution >= 0.6 is 11.3 Å². The van der Waals surface area contributed by atoms with Crippen molar-refractivity contribution in [1.82, 2.24) is 14.8 Å². The van der Waals surface area contributed by atoms with Gasteiger partial charge in [0.15, 0.2) is 17.8 Å². The third kappa shape index (κ3) is 3.00. The van der Waals surface area contributed by atoms with Crippen LogP contribution in [0.25, 0.3) is 10.6 Å². The van der Waals surface area contributed by atoms with Crippen molar-refractivity contribution >= 4 is 17.2 Å². The second-order valence-electron chi connectivity index (χ2n) is 6.62. The number of amides is 1. The Labute approximate surface area is 146 Å². The molecule has 1 aliphatic heterocycles. The average molecular weight is 345 g/mol. The first kappa shape index (κ1) is 15.8. The van der Waals surface area contributed by atoms with Crippen LogP contribution in [-0.2, 0) is 0 Å². The van der Waals surface area contributed by atoms with Crippen molar-refractivity contribution in [1.29, 1.82) is 0 Å². The van der Waals surface area contributed by atoms with Gasteiger partial charge in [0.25, 0.3) is 5.91 Å². The molecule has 4 rings (SSSR count). The lowest BCUT2D eigenvalue weighted by atomic mass is 10.0. The van der Waals surface area contributed by atoms with Gasteiger partial charge < -0.3 is 14.2 Å². The van der Waals surface area contributed by atoms with Crippen molar-refractivity contribution in [3.8, 4) is 10.6 Å². The number of hydrogen-bond donors (Lipinski definition) is 0. The molecule has 2 aliphatic rings. The monoisotopic (exact) mass is 345 g/mol. The van der Waals surface area contributed by atoms with E-state index in [0.29, 0.717) is 23.5 Å². The van der Waals surface area contributed by atoms with Crippen LogP contribution < -0.4 is 0 Å². The number of likely N-dealkylation sites (tertiary alicyclic amines) is 1. The van der Waals surface area contributed by atoms with Gasteiger partial charge in [-0.15, -0.1) is 11.3 Å². The Hall–Kier alpha value is -1.66. The maximum Gasteiger partial charge on any atom is 0.277 e. The lowest BCUT2D eigenvalue weighted by Crippen LogP contribution is -2.48. The van der Waals surface area contributed by atoms with E-state index in [1.807, 2.05) is 17.5 Å². The first-order valence-corrected chi connectivity index (χ1v) is 9.68. The van der Waals surface area contributed by atoms with E-state index >= 15 is 0 Å². The summed E-state index contributed by atoms with van der Waals surface area (Å²) in [5, 5.41) is 1.99. The summed E-state index contributed by atoms with van der Waals surface area (Å²) in [6, 6.07) is 4.67. The van der Waals surface area contributed by atoms with Crippen LogP contribution in [0.2, 0.25) is 0 Å². The molecule has 0 aromatic carbocycles. The minimum absolute atomic E-state index is 0.0459. The van der Waals surface area contributed by atoms with Crippen molar-refractivity contribution in [3.05, 3.63) is 29.6 Å². The number of rotatable bonds is 5. The Morgan fingerprint density at radius 3 is 2.71 bits per heavy atom. The molecule has 6 heteroatoms. The van der Waals surface area contributed by atoms with E-state index in [1.54, 1.807) is 11.3 Å². The van der Waals surface area contributed by atoms with Crippen LogP contribution in [0.1, 0.15) is 43.1 Å². The van der Waals surface area contributed by atoms with E-state index in [9.17, 15) is 4.79 Å². The van der Waals surface area contributed by atoms with Gasteiger partial charge in [-0.1, -0.05) is 13.0 Å². The van der Waals surface area contributed by atoms with Gasteiger partial charge in [-0.25, -0.2) is 4.98 Å². The second kappa shape index (κ2) is 6.69. The molecular formula is C18H23N3O2S. The van der Waals surface area contributed by atoms with Crippen LogP contribution in [0.3, 0.4) is 0 Å². The van der Waals surface area contributed by atoms with Crippen molar-refractivity contribution in [2.75, 3.05) is 19.6 Å². The van der Waals surface area contributed by atoms with Gasteiger partial charge in [-0.05, 0) is 43.7 Å². The molecule has 128 valence electrons. The lowest BCUT2D eigenvalue weighted by Gasteiger charge is -2.38. The van der Waals surface area contributed by atoms with Crippen LogP contribution in [-0.4, -0.2) is 52.4 Å². The third-order valence-electron chi connectivity index (χ3n) is 5.09. The summed E-state index contributed by atoms with van der Waals surface area (Å²) in [5.41, 5.74) is 0.474. The number of carbonyl (C=O) groups is 1. The largest absolute Gasteiger partial charge is 0.442 e. The molecule has 0 unspecified atom stereocenters. The maximum absolute atomic E-state index is 13.2. The van der Waals surface area contributed by atoms with Gasteiger partial charge in [0.2, 0.25) is 0 Å². The summed E-state index contributed by atoms with van der Waals surface area (Å²) < 4.78 is 5.55. The molecule has 1 saturated heterocycles. The normalized spacial score (nSPS) is 19.5. The van der Waals surface area contributed by atoms with Gasteiger partial charge in [-0.2, -0.15) is 0 Å². The van der Waals surface area contributed by atoms with Crippen LogP contribution in [0.4, 0.5) is 0 Å². The summed E-state index contributed by atoms with van der Waals surface area (Å²) in [7, 11) is 0. The molecule has 0 spiro atoms. The van der Waals surface area contributed by atoms with E-state index in [1.165, 1.54) is 6.39 Å². The smallest absolute Gasteiger partial charge is 0.277 e. The number of carbonyl (C=O) groups excluding carboxylic acids is 1. The highest BCUT2D eigenvalue weighted by molar-refractivity contribution is 7.13. The molecule has 0 atom stereocenters. The summed E-state index contributed by atoms with van der Waals surface area (Å²) in [6.07, 6.45) is 5.75. The van der Waals surface area contributed by atoms with Gasteiger partial charge in [0.1, 0.15) is 0 Å². The molecule has 1 amide bonds. The van der Waals surface area contributed by atoms with Crippen LogP contribution in [0.15, 0.2) is 28.3 Å². The molecule has 0 radical (unpaired) electrons. The molecular weight excluding hydrogens is 322 g/mol. The van der Waals surface area contributed by atoms with Gasteiger partial charge in [0, 0.05) is 25.2 Å². The average Bonchev–Trinajstić information content (AvgIpc) is 3.11. The number of aromatic nitrogens is 1. The van der Waals surface area contributed by atoms with E-state index in [-0.39, 0.29) is 5.91 Å². The van der Waals surface area contributed by atoms with Crippen LogP contribution in [0, 0.1) is 0 Å². The fraction of sp³-hybridized carbons (Fsp3) is 0.556. The fourth-order valence-corrected chi connectivity index (χ4v) is 4.31. The Morgan fingerprint density at radius 2 is 2.08 bits per heavy atom. The van der Waals surface area contributed by atoms with Crippen LogP contribution in [0.5, 0.6) is 0 Å². The second-order valence-corrected chi connectivity index (χ2v) is 7.56. The SMILES string of the molecule is CCN1CCC(N(C(=O)c2ncoc2-c2cccs2)C2CC2)CC1. The van der Waals surface area contributed by atoms with Crippen molar-refractivity contribution in [3.63, 3.8) is 0 Å². The topological polar surface area (TPSA) is 49.6 Å². The molecule has 2 fully saturated rings. The van der Waals surface area contributed by atoms with Gasteiger partial charge in [0.05, 0.1) is 4.88 Å². The van der Waals surface area contributed by atoms with E-state index in [2.05, 4.69) is 21.7 Å². The Balaban J connectivity index is 1.57. The summed E-state index contributed by atoms with van der Waals surface area (Å²) in [5.74, 6) is 0.663. The molecule has 0 N–H and O–H groups in total. The molecule has 1 aliphatic carbocycles. The first-order valence-electron chi connectivity index (χ1n) is 8.80. The van der Waals surface area contributed by atoms with Gasteiger partial charge in [-0.3, -0.25) is 4.79 Å². The standard InChI is InChI=1S/C18H23N3O2S/c1-2-20-9-7-14(8-10-20)21(13-5-6-13)18(22)16-17(23-12-19-16)15-4-3-11-24-15/h3-4,11-14H,2,5-10H2,1H3. The zero-order valence-corrected chi connectivity index (χ0v) is 14.8. The van der Waals surface area contributed by atoms with Crippen molar-refractivity contribution < 1.29 is 9.21 Å². The molecule has 24 heavy (non-hydrogen) atoms. The molecule has 0 bridgehead atoms. The van der Waals surface area contributed by atoms with E-state index in [0.717, 1.165) is 50.2 Å². The highest BCUT2D eigenvalue weighted by atomic mass is 32.1. The molecule has 2 aromatic rings. The number of oxazole rings is 1. The Kier molecular flexibility index (Phi) is 4.41. The molecule has 5 nitrogen and oxygen atoms in total. The minimum atomic E-state index is 0.0459. The predicted molar refractivity (Wildman–Crippen MR) is 94.1 cm³/mol. The number of nitrogens with zero attached hydrogens (tertiary/aromatic N) is 3. The molecule has 1 saturated carbocycles. The molecule has 3 heterocycles. The number of hydrogen-bond acceptors (Lipinski definition) is 5. The highest BCUT2D eigenvalue weighted by Crippen LogP contribution is 2.35. The van der Waals surface area contributed by atoms with E-state index in [4.69, 9.17) is 4.42 Å². The lowest BCUT2D eigenvalue weighted by molar-refractivity contribution is 0.0549. The summed E-state index contributed by atoms with van der Waals surface area (Å²) in [6.45, 7) is 5.45. The quantitative estimate of drug-likeness (QED) is 0.832. The number of piperidine rings is 1. The zero-order chi connectivity index (χ0) is 16.5. The predicted octanol–water partition coefficient (Wildman–Crippen LogP) is 3.49. The summed E-state index contributed by atoms with van der Waals surface area (Å²) >= 11 is 1.58. The number of thiophene rings is 1. The first-order chi connectivity index (χ1) is 11.8. The summed E-state index contributed by atoms with van der Waals surface area (Å²) in [4.78, 5) is 23.1. The third-order valence-corrected chi connectivity index (χ3v) is 5.96. The van der Waals surface area contributed by atoms with Gasteiger partial charge >= 0.3 is 0 Å². The Bertz CT molecular complexity index is 685. The Morgan fingerprint density at radius 1 is 1.33 bits per heavy atom. The molecule has 2 aromatic heterocycles. The fourth-order valence-electron chi connectivity index (χ4n) is 3.60. The van der Waals surface area contributed by atoms with E-state index < -0.39 is 0 Å². The van der Waals surface area contributed by atoms with Crippen molar-refractivity contribution in [2.45, 2.75) is 44.7 Å².